The van der Waals surface area contributed by atoms with E-state index in [2.05, 4.69) is 5.32 Å². The minimum atomic E-state index is -0.612. The number of primary amides is 1. The maximum Gasteiger partial charge on any atom is 0.239 e. The Labute approximate surface area is 107 Å². The highest BCUT2D eigenvalue weighted by Gasteiger charge is 2.49. The van der Waals surface area contributed by atoms with Gasteiger partial charge in [-0.05, 0) is 38.0 Å². The van der Waals surface area contributed by atoms with Gasteiger partial charge in [0.25, 0.3) is 0 Å². The molecule has 2 rings (SSSR count). The highest BCUT2D eigenvalue weighted by atomic mass is 35.5. The van der Waals surface area contributed by atoms with Crippen LogP contribution in [0.4, 0.5) is 0 Å². The summed E-state index contributed by atoms with van der Waals surface area (Å²) in [5.41, 5.74) is 11.1. The lowest BCUT2D eigenvalue weighted by Crippen LogP contribution is -2.50. The zero-order valence-electron chi connectivity index (χ0n) is 9.89. The van der Waals surface area contributed by atoms with Gasteiger partial charge >= 0.3 is 0 Å². The van der Waals surface area contributed by atoms with Gasteiger partial charge in [-0.2, -0.15) is 0 Å². The Kier molecular flexibility index (Phi) is 4.38. The topological polar surface area (TPSA) is 98.2 Å². The number of hydrogen-bond donors (Lipinski definition) is 3. The molecule has 0 spiro atoms. The normalized spacial score (nSPS) is 36.1. The molecular formula is C11H20ClN3O2. The first-order valence-electron chi connectivity index (χ1n) is 5.86. The van der Waals surface area contributed by atoms with Crippen LogP contribution in [0.1, 0.15) is 26.2 Å². The fourth-order valence-electron chi connectivity index (χ4n) is 3.11. The Morgan fingerprint density at radius 3 is 2.35 bits per heavy atom. The van der Waals surface area contributed by atoms with Crippen molar-refractivity contribution in [1.82, 2.24) is 5.32 Å². The third-order valence-corrected chi connectivity index (χ3v) is 4.07. The van der Waals surface area contributed by atoms with Crippen molar-refractivity contribution in [2.24, 2.45) is 29.2 Å². The summed E-state index contributed by atoms with van der Waals surface area (Å²) in [6, 6.07) is -0.655. The van der Waals surface area contributed by atoms with Crippen LogP contribution < -0.4 is 16.8 Å². The highest BCUT2D eigenvalue weighted by Crippen LogP contribution is 2.47. The number of carbonyl (C=O) groups is 2. The molecule has 0 aromatic carbocycles. The van der Waals surface area contributed by atoms with E-state index >= 15 is 0 Å². The highest BCUT2D eigenvalue weighted by molar-refractivity contribution is 5.88. The Morgan fingerprint density at radius 1 is 1.29 bits per heavy atom. The second-order valence-corrected chi connectivity index (χ2v) is 5.07. The van der Waals surface area contributed by atoms with Crippen molar-refractivity contribution in [3.05, 3.63) is 0 Å². The van der Waals surface area contributed by atoms with Crippen molar-refractivity contribution < 1.29 is 9.59 Å². The van der Waals surface area contributed by atoms with Crippen LogP contribution in [0.15, 0.2) is 0 Å². The third-order valence-electron chi connectivity index (χ3n) is 4.07. The molecule has 98 valence electrons. The van der Waals surface area contributed by atoms with Crippen molar-refractivity contribution in [2.75, 3.05) is 0 Å². The van der Waals surface area contributed by atoms with Crippen LogP contribution in [0.5, 0.6) is 0 Å². The van der Waals surface area contributed by atoms with Crippen LogP contribution in [0.2, 0.25) is 0 Å². The molecular weight excluding hydrogens is 242 g/mol. The van der Waals surface area contributed by atoms with E-state index in [9.17, 15) is 9.59 Å². The number of nitrogens with one attached hydrogen (secondary N) is 1. The summed E-state index contributed by atoms with van der Waals surface area (Å²) >= 11 is 0. The summed E-state index contributed by atoms with van der Waals surface area (Å²) in [5, 5.41) is 2.64. The lowest BCUT2D eigenvalue weighted by molar-refractivity contribution is -0.131. The molecule has 4 unspecified atom stereocenters. The second-order valence-electron chi connectivity index (χ2n) is 5.07. The Morgan fingerprint density at radius 2 is 1.88 bits per heavy atom. The van der Waals surface area contributed by atoms with Gasteiger partial charge in [-0.15, -0.1) is 12.4 Å². The fourth-order valence-corrected chi connectivity index (χ4v) is 3.11. The summed E-state index contributed by atoms with van der Waals surface area (Å²) in [5.74, 6) is 0.154. The molecule has 2 aliphatic rings. The van der Waals surface area contributed by atoms with Crippen LogP contribution in [0, 0.1) is 17.8 Å². The molecule has 2 bridgehead atoms. The first kappa shape index (κ1) is 14.3. The predicted molar refractivity (Wildman–Crippen MR) is 66.3 cm³/mol. The van der Waals surface area contributed by atoms with Gasteiger partial charge in [0.1, 0.15) is 6.04 Å². The van der Waals surface area contributed by atoms with Gasteiger partial charge in [0.05, 0.1) is 5.92 Å². The molecule has 2 amide bonds. The predicted octanol–water partition coefficient (Wildman–Crippen LogP) is -0.228. The van der Waals surface area contributed by atoms with Crippen LogP contribution in [0.3, 0.4) is 0 Å². The molecule has 5 atom stereocenters. The van der Waals surface area contributed by atoms with Gasteiger partial charge in [0.15, 0.2) is 0 Å². The molecule has 5 N–H and O–H groups in total. The van der Waals surface area contributed by atoms with Gasteiger partial charge in [0, 0.05) is 6.04 Å². The van der Waals surface area contributed by atoms with Crippen molar-refractivity contribution in [1.29, 1.82) is 0 Å². The Balaban J connectivity index is 0.00000144. The summed E-state index contributed by atoms with van der Waals surface area (Å²) in [7, 11) is 0. The van der Waals surface area contributed by atoms with Crippen molar-refractivity contribution in [3.63, 3.8) is 0 Å². The first-order chi connectivity index (χ1) is 7.50. The second kappa shape index (κ2) is 5.23. The molecule has 0 saturated heterocycles. The number of nitrogens with two attached hydrogens (primary N) is 2. The zero-order chi connectivity index (χ0) is 11.9. The maximum atomic E-state index is 12.0. The maximum absolute atomic E-state index is 12.0. The fraction of sp³-hybridized carbons (Fsp3) is 0.818. The summed E-state index contributed by atoms with van der Waals surface area (Å²) in [4.78, 5) is 22.8. The minimum Gasteiger partial charge on any atom is -0.368 e. The molecule has 17 heavy (non-hydrogen) atoms. The molecule has 2 aliphatic carbocycles. The van der Waals surface area contributed by atoms with Gasteiger partial charge in [0.2, 0.25) is 11.8 Å². The van der Waals surface area contributed by atoms with E-state index in [1.807, 2.05) is 0 Å². The quantitative estimate of drug-likeness (QED) is 0.655. The lowest BCUT2D eigenvalue weighted by Gasteiger charge is -2.27. The van der Waals surface area contributed by atoms with E-state index < -0.39 is 11.9 Å². The Bertz CT molecular complexity index is 322. The van der Waals surface area contributed by atoms with Crippen molar-refractivity contribution in [2.45, 2.75) is 38.3 Å². The zero-order valence-corrected chi connectivity index (χ0v) is 10.7. The van der Waals surface area contributed by atoms with E-state index in [4.69, 9.17) is 11.5 Å². The number of rotatable bonds is 3. The number of amides is 2. The first-order valence-corrected chi connectivity index (χ1v) is 5.86. The molecule has 0 aromatic rings. The van der Waals surface area contributed by atoms with E-state index in [1.165, 1.54) is 0 Å². The molecule has 2 fully saturated rings. The average Bonchev–Trinajstić information content (AvgIpc) is 2.77. The van der Waals surface area contributed by atoms with E-state index in [0.717, 1.165) is 19.3 Å². The molecule has 5 nitrogen and oxygen atoms in total. The minimum absolute atomic E-state index is 0. The van der Waals surface area contributed by atoms with E-state index in [-0.39, 0.29) is 30.3 Å². The third kappa shape index (κ3) is 2.55. The van der Waals surface area contributed by atoms with Gasteiger partial charge in [-0.1, -0.05) is 0 Å². The number of fused-ring (bicyclic) bond motifs is 2. The molecule has 0 aliphatic heterocycles. The number of carbonyl (C=O) groups excluding carboxylic acids is 2. The summed E-state index contributed by atoms with van der Waals surface area (Å²) in [6.07, 6.45) is 3.28. The number of hydrogen-bond acceptors (Lipinski definition) is 3. The smallest absolute Gasteiger partial charge is 0.239 e. The molecule has 6 heteroatoms. The van der Waals surface area contributed by atoms with Crippen LogP contribution in [0.25, 0.3) is 0 Å². The molecule has 0 aromatic heterocycles. The monoisotopic (exact) mass is 261 g/mol. The Hall–Kier alpha value is -0.810. The summed E-state index contributed by atoms with van der Waals surface area (Å²) in [6.45, 7) is 1.60. The van der Waals surface area contributed by atoms with Crippen LogP contribution >= 0.6 is 12.4 Å². The lowest BCUT2D eigenvalue weighted by atomic mass is 9.84. The van der Waals surface area contributed by atoms with Crippen LogP contribution in [-0.2, 0) is 9.59 Å². The SMILES string of the molecule is C[C@H](NC(=O)C1C2CCC(C2)C1N)C(N)=O.Cl. The van der Waals surface area contributed by atoms with E-state index in [1.54, 1.807) is 6.92 Å². The average molecular weight is 262 g/mol. The van der Waals surface area contributed by atoms with E-state index in [0.29, 0.717) is 11.8 Å². The van der Waals surface area contributed by atoms with Gasteiger partial charge in [-0.3, -0.25) is 9.59 Å². The van der Waals surface area contributed by atoms with Gasteiger partial charge in [-0.25, -0.2) is 0 Å². The van der Waals surface area contributed by atoms with Crippen molar-refractivity contribution in [3.8, 4) is 0 Å². The largest absolute Gasteiger partial charge is 0.368 e. The molecule has 0 heterocycles. The van der Waals surface area contributed by atoms with Crippen molar-refractivity contribution >= 4 is 24.2 Å². The standard InChI is InChI=1S/C11H19N3O2.ClH/c1-5(10(13)15)14-11(16)8-6-2-3-7(4-6)9(8)12;/h5-9H,2-4,12H2,1H3,(H2,13,15)(H,14,16);1H/t5-,6?,7?,8?,9?;/m0./s1. The summed E-state index contributed by atoms with van der Waals surface area (Å²) < 4.78 is 0. The van der Waals surface area contributed by atoms with Gasteiger partial charge < -0.3 is 16.8 Å². The van der Waals surface area contributed by atoms with Crippen LogP contribution in [-0.4, -0.2) is 23.9 Å². The molecule has 0 radical (unpaired) electrons. The molecule has 2 saturated carbocycles. The number of halogens is 1.